The maximum Gasteiger partial charge on any atom is 0.252 e. The Kier molecular flexibility index (Phi) is 4.31. The van der Waals surface area contributed by atoms with Gasteiger partial charge in [-0.1, -0.05) is 29.8 Å². The number of amides is 1. The predicted octanol–water partition coefficient (Wildman–Crippen LogP) is 2.71. The van der Waals surface area contributed by atoms with Crippen molar-refractivity contribution in [3.8, 4) is 0 Å². The number of pyridine rings is 1. The van der Waals surface area contributed by atoms with E-state index in [1.165, 1.54) is 0 Å². The summed E-state index contributed by atoms with van der Waals surface area (Å²) in [7, 11) is 0. The standard InChI is InChI=1S/C14H13ClN2O/c15-13-6-2-1-5-12(13)14(18)17-9-7-11-4-3-8-16-10-11/h1-6,8,10H,7,9H2,(H,17,18). The number of carbonyl (C=O) groups is 1. The fourth-order valence-electron chi connectivity index (χ4n) is 1.61. The monoisotopic (exact) mass is 260 g/mol. The van der Waals surface area contributed by atoms with Crippen molar-refractivity contribution in [3.63, 3.8) is 0 Å². The molecule has 0 atom stereocenters. The maximum absolute atomic E-state index is 11.8. The number of hydrogen-bond acceptors (Lipinski definition) is 2. The second-order valence-corrected chi connectivity index (χ2v) is 4.25. The number of nitrogens with one attached hydrogen (secondary N) is 1. The Balaban J connectivity index is 1.88. The van der Waals surface area contributed by atoms with E-state index in [9.17, 15) is 4.79 Å². The van der Waals surface area contributed by atoms with Crippen molar-refractivity contribution in [3.05, 3.63) is 64.9 Å². The lowest BCUT2D eigenvalue weighted by Gasteiger charge is -2.06. The van der Waals surface area contributed by atoms with Crippen LogP contribution < -0.4 is 5.32 Å². The van der Waals surface area contributed by atoms with Gasteiger partial charge in [-0.25, -0.2) is 0 Å². The topological polar surface area (TPSA) is 42.0 Å². The first-order valence-corrected chi connectivity index (χ1v) is 6.07. The number of nitrogens with zero attached hydrogens (tertiary/aromatic N) is 1. The highest BCUT2D eigenvalue weighted by molar-refractivity contribution is 6.33. The van der Waals surface area contributed by atoms with E-state index in [4.69, 9.17) is 11.6 Å². The maximum atomic E-state index is 11.8. The lowest BCUT2D eigenvalue weighted by molar-refractivity contribution is 0.0954. The summed E-state index contributed by atoms with van der Waals surface area (Å²) >= 11 is 5.94. The smallest absolute Gasteiger partial charge is 0.252 e. The second-order valence-electron chi connectivity index (χ2n) is 3.85. The Morgan fingerprint density at radius 2 is 2.06 bits per heavy atom. The molecule has 4 heteroatoms. The molecule has 0 bridgehead atoms. The van der Waals surface area contributed by atoms with Gasteiger partial charge in [-0.2, -0.15) is 0 Å². The quantitative estimate of drug-likeness (QED) is 0.918. The van der Waals surface area contributed by atoms with Crippen LogP contribution in [0.1, 0.15) is 15.9 Å². The number of carbonyl (C=O) groups excluding carboxylic acids is 1. The number of hydrogen-bond donors (Lipinski definition) is 1. The molecule has 0 saturated carbocycles. The molecule has 92 valence electrons. The second kappa shape index (κ2) is 6.17. The molecule has 0 fully saturated rings. The van der Waals surface area contributed by atoms with Crippen molar-refractivity contribution in [2.24, 2.45) is 0 Å². The van der Waals surface area contributed by atoms with Crippen molar-refractivity contribution in [1.29, 1.82) is 0 Å². The van der Waals surface area contributed by atoms with Gasteiger partial charge in [0.15, 0.2) is 0 Å². The lowest BCUT2D eigenvalue weighted by atomic mass is 10.2. The fraction of sp³-hybridized carbons (Fsp3) is 0.143. The molecule has 0 unspecified atom stereocenters. The Bertz CT molecular complexity index is 528. The first-order valence-electron chi connectivity index (χ1n) is 5.69. The van der Waals surface area contributed by atoms with Crippen molar-refractivity contribution < 1.29 is 4.79 Å². The molecule has 1 aromatic heterocycles. The minimum atomic E-state index is -0.149. The van der Waals surface area contributed by atoms with E-state index in [2.05, 4.69) is 10.3 Å². The van der Waals surface area contributed by atoms with Gasteiger partial charge in [-0.3, -0.25) is 9.78 Å². The van der Waals surface area contributed by atoms with Crippen LogP contribution in [0.5, 0.6) is 0 Å². The van der Waals surface area contributed by atoms with Crippen LogP contribution in [0.4, 0.5) is 0 Å². The van der Waals surface area contributed by atoms with Gasteiger partial charge in [0.05, 0.1) is 10.6 Å². The van der Waals surface area contributed by atoms with Crippen LogP contribution in [0.25, 0.3) is 0 Å². The third kappa shape index (κ3) is 3.31. The van der Waals surface area contributed by atoms with E-state index < -0.39 is 0 Å². The summed E-state index contributed by atoms with van der Waals surface area (Å²) in [6, 6.07) is 10.9. The molecule has 18 heavy (non-hydrogen) atoms. The Morgan fingerprint density at radius 1 is 1.22 bits per heavy atom. The van der Waals surface area contributed by atoms with Gasteiger partial charge in [-0.05, 0) is 30.2 Å². The van der Waals surface area contributed by atoms with Crippen LogP contribution in [0, 0.1) is 0 Å². The Labute approximate surface area is 111 Å². The zero-order valence-electron chi connectivity index (χ0n) is 9.77. The van der Waals surface area contributed by atoms with E-state index in [-0.39, 0.29) is 5.91 Å². The molecule has 1 amide bonds. The largest absolute Gasteiger partial charge is 0.352 e. The molecule has 0 aliphatic heterocycles. The van der Waals surface area contributed by atoms with Crippen LogP contribution in [-0.4, -0.2) is 17.4 Å². The molecule has 2 rings (SSSR count). The van der Waals surface area contributed by atoms with Crippen LogP contribution in [-0.2, 0) is 6.42 Å². The molecule has 0 saturated heterocycles. The summed E-state index contributed by atoms with van der Waals surface area (Å²) in [6.45, 7) is 0.565. The van der Waals surface area contributed by atoms with E-state index >= 15 is 0 Å². The van der Waals surface area contributed by atoms with E-state index in [0.29, 0.717) is 17.1 Å². The summed E-state index contributed by atoms with van der Waals surface area (Å²) in [5, 5.41) is 3.31. The molecule has 1 heterocycles. The van der Waals surface area contributed by atoms with Crippen molar-refractivity contribution >= 4 is 17.5 Å². The normalized spacial score (nSPS) is 10.1. The van der Waals surface area contributed by atoms with Crippen LogP contribution in [0.2, 0.25) is 5.02 Å². The van der Waals surface area contributed by atoms with Crippen LogP contribution in [0.15, 0.2) is 48.8 Å². The van der Waals surface area contributed by atoms with Crippen LogP contribution in [0.3, 0.4) is 0 Å². The third-order valence-corrected chi connectivity index (χ3v) is 2.87. The molecule has 3 nitrogen and oxygen atoms in total. The van der Waals surface area contributed by atoms with Gasteiger partial charge < -0.3 is 5.32 Å². The van der Waals surface area contributed by atoms with Crippen LogP contribution >= 0.6 is 11.6 Å². The van der Waals surface area contributed by atoms with E-state index in [1.54, 1.807) is 36.7 Å². The number of halogens is 1. The van der Waals surface area contributed by atoms with Crippen molar-refractivity contribution in [2.75, 3.05) is 6.54 Å². The summed E-state index contributed by atoms with van der Waals surface area (Å²) in [4.78, 5) is 15.9. The predicted molar refractivity (Wildman–Crippen MR) is 71.7 cm³/mol. The molecular formula is C14H13ClN2O. The minimum absolute atomic E-state index is 0.149. The number of rotatable bonds is 4. The lowest BCUT2D eigenvalue weighted by Crippen LogP contribution is -2.25. The molecule has 1 aromatic carbocycles. The highest BCUT2D eigenvalue weighted by atomic mass is 35.5. The summed E-state index contributed by atoms with van der Waals surface area (Å²) in [6.07, 6.45) is 4.28. The Hall–Kier alpha value is -1.87. The SMILES string of the molecule is O=C(NCCc1cccnc1)c1ccccc1Cl. The van der Waals surface area contributed by atoms with E-state index in [0.717, 1.165) is 12.0 Å². The first-order chi connectivity index (χ1) is 8.77. The average Bonchev–Trinajstić information content (AvgIpc) is 2.40. The summed E-state index contributed by atoms with van der Waals surface area (Å²) in [5.74, 6) is -0.149. The third-order valence-electron chi connectivity index (χ3n) is 2.54. The zero-order valence-corrected chi connectivity index (χ0v) is 10.5. The molecule has 0 radical (unpaired) electrons. The number of benzene rings is 1. The van der Waals surface area contributed by atoms with Gasteiger partial charge in [0.2, 0.25) is 0 Å². The highest BCUT2D eigenvalue weighted by Crippen LogP contribution is 2.14. The van der Waals surface area contributed by atoms with Crippen molar-refractivity contribution in [1.82, 2.24) is 10.3 Å². The first kappa shape index (κ1) is 12.6. The molecule has 2 aromatic rings. The molecule has 0 spiro atoms. The highest BCUT2D eigenvalue weighted by Gasteiger charge is 2.08. The zero-order chi connectivity index (χ0) is 12.8. The fourth-order valence-corrected chi connectivity index (χ4v) is 1.83. The van der Waals surface area contributed by atoms with Gasteiger partial charge >= 0.3 is 0 Å². The van der Waals surface area contributed by atoms with Crippen molar-refractivity contribution in [2.45, 2.75) is 6.42 Å². The van der Waals surface area contributed by atoms with E-state index in [1.807, 2.05) is 12.1 Å². The molecule has 0 aliphatic carbocycles. The van der Waals surface area contributed by atoms with Gasteiger partial charge in [0, 0.05) is 18.9 Å². The summed E-state index contributed by atoms with van der Waals surface area (Å²) in [5.41, 5.74) is 1.60. The Morgan fingerprint density at radius 3 is 2.78 bits per heavy atom. The molecule has 0 aliphatic rings. The molecule has 1 N–H and O–H groups in total. The van der Waals surface area contributed by atoms with Gasteiger partial charge in [0.1, 0.15) is 0 Å². The van der Waals surface area contributed by atoms with Gasteiger partial charge in [-0.15, -0.1) is 0 Å². The number of aromatic nitrogens is 1. The molecular weight excluding hydrogens is 248 g/mol. The minimum Gasteiger partial charge on any atom is -0.352 e. The average molecular weight is 261 g/mol. The van der Waals surface area contributed by atoms with Gasteiger partial charge in [0.25, 0.3) is 5.91 Å². The summed E-state index contributed by atoms with van der Waals surface area (Å²) < 4.78 is 0.